The molecule has 0 unspecified atom stereocenters. The van der Waals surface area contributed by atoms with Crippen LogP contribution in [0.4, 0.5) is 10.1 Å². The molecule has 1 amide bonds. The van der Waals surface area contributed by atoms with E-state index >= 15 is 0 Å². The van der Waals surface area contributed by atoms with Gasteiger partial charge in [0, 0.05) is 12.3 Å². The summed E-state index contributed by atoms with van der Waals surface area (Å²) in [5.74, 6) is -0.476. The average molecular weight is 336 g/mol. The number of nitrogens with one attached hydrogen (secondary N) is 1. The van der Waals surface area contributed by atoms with E-state index in [0.29, 0.717) is 18.1 Å². The van der Waals surface area contributed by atoms with E-state index in [-0.39, 0.29) is 5.69 Å². The molecule has 2 aromatic carbocycles. The van der Waals surface area contributed by atoms with Gasteiger partial charge in [0.25, 0.3) is 5.91 Å². The number of pyridine rings is 1. The van der Waals surface area contributed by atoms with Crippen molar-refractivity contribution in [2.45, 2.75) is 13.5 Å². The predicted molar refractivity (Wildman–Crippen MR) is 94.1 cm³/mol. The van der Waals surface area contributed by atoms with Crippen LogP contribution in [0.2, 0.25) is 0 Å². The minimum atomic E-state index is -0.468. The van der Waals surface area contributed by atoms with Gasteiger partial charge >= 0.3 is 0 Å². The largest absolute Gasteiger partial charge is 0.473 e. The number of carbonyl (C=O) groups excluding carboxylic acids is 1. The topological polar surface area (TPSA) is 51.2 Å². The lowest BCUT2D eigenvalue weighted by atomic mass is 10.2. The van der Waals surface area contributed by atoms with Crippen LogP contribution in [0.25, 0.3) is 0 Å². The van der Waals surface area contributed by atoms with E-state index in [4.69, 9.17) is 4.74 Å². The van der Waals surface area contributed by atoms with Gasteiger partial charge in [-0.3, -0.25) is 4.79 Å². The molecule has 0 fully saturated rings. The number of rotatable bonds is 5. The molecule has 3 aromatic rings. The first kappa shape index (κ1) is 16.6. The lowest BCUT2D eigenvalue weighted by molar-refractivity contribution is 0.102. The van der Waals surface area contributed by atoms with Crippen molar-refractivity contribution >= 4 is 11.6 Å². The van der Waals surface area contributed by atoms with Gasteiger partial charge in [0.05, 0.1) is 11.3 Å². The lowest BCUT2D eigenvalue weighted by Crippen LogP contribution is -2.13. The maximum absolute atomic E-state index is 13.8. The third kappa shape index (κ3) is 4.41. The van der Waals surface area contributed by atoms with Crippen LogP contribution < -0.4 is 10.1 Å². The Balaban J connectivity index is 1.62. The highest BCUT2D eigenvalue weighted by molar-refractivity contribution is 6.04. The van der Waals surface area contributed by atoms with Crippen LogP contribution in [-0.2, 0) is 6.61 Å². The van der Waals surface area contributed by atoms with E-state index in [1.165, 1.54) is 18.3 Å². The van der Waals surface area contributed by atoms with Gasteiger partial charge in [0.1, 0.15) is 12.4 Å². The van der Waals surface area contributed by atoms with Crippen LogP contribution in [-0.4, -0.2) is 10.9 Å². The first-order chi connectivity index (χ1) is 12.1. The molecule has 0 atom stereocenters. The number of amides is 1. The Morgan fingerprint density at radius 3 is 2.60 bits per heavy atom. The van der Waals surface area contributed by atoms with E-state index < -0.39 is 11.7 Å². The molecule has 0 aliphatic heterocycles. The molecule has 25 heavy (non-hydrogen) atoms. The number of hydrogen-bond donors (Lipinski definition) is 1. The molecule has 5 heteroatoms. The molecular formula is C20H17FN2O2. The highest BCUT2D eigenvalue weighted by Gasteiger charge is 2.10. The monoisotopic (exact) mass is 336 g/mol. The normalized spacial score (nSPS) is 10.3. The Hall–Kier alpha value is -3.21. The number of anilines is 1. The molecule has 1 N–H and O–H groups in total. The second-order valence-corrected chi connectivity index (χ2v) is 5.60. The summed E-state index contributed by atoms with van der Waals surface area (Å²) in [7, 11) is 0. The number of ether oxygens (including phenoxy) is 1. The van der Waals surface area contributed by atoms with E-state index in [9.17, 15) is 9.18 Å². The van der Waals surface area contributed by atoms with Crippen molar-refractivity contribution < 1.29 is 13.9 Å². The molecule has 3 rings (SSSR count). The fourth-order valence-corrected chi connectivity index (χ4v) is 2.25. The smallest absolute Gasteiger partial charge is 0.257 e. The number of halogens is 1. The molecule has 0 saturated carbocycles. The van der Waals surface area contributed by atoms with Gasteiger partial charge in [0.2, 0.25) is 5.88 Å². The first-order valence-corrected chi connectivity index (χ1v) is 7.82. The lowest BCUT2D eigenvalue weighted by Gasteiger charge is -2.08. The molecule has 0 radical (unpaired) electrons. The summed E-state index contributed by atoms with van der Waals surface area (Å²) in [4.78, 5) is 16.3. The minimum absolute atomic E-state index is 0.139. The minimum Gasteiger partial charge on any atom is -0.473 e. The van der Waals surface area contributed by atoms with E-state index in [2.05, 4.69) is 10.3 Å². The van der Waals surface area contributed by atoms with Crippen LogP contribution in [0.1, 0.15) is 21.5 Å². The molecular weight excluding hydrogens is 319 g/mol. The van der Waals surface area contributed by atoms with Crippen molar-refractivity contribution in [1.29, 1.82) is 0 Å². The van der Waals surface area contributed by atoms with Crippen molar-refractivity contribution in [3.05, 3.63) is 89.4 Å². The van der Waals surface area contributed by atoms with E-state index in [0.717, 1.165) is 11.1 Å². The third-order valence-electron chi connectivity index (χ3n) is 3.60. The number of nitrogens with zero attached hydrogens (tertiary/aromatic N) is 1. The number of benzene rings is 2. The molecule has 0 aliphatic carbocycles. The Labute approximate surface area is 145 Å². The SMILES string of the molecule is Cc1ccc(NC(=O)c2ccc(OCc3ccccc3)nc2)c(F)c1. The molecule has 0 aliphatic rings. The summed E-state index contributed by atoms with van der Waals surface area (Å²) in [6.07, 6.45) is 1.40. The summed E-state index contributed by atoms with van der Waals surface area (Å²) >= 11 is 0. The highest BCUT2D eigenvalue weighted by Crippen LogP contribution is 2.17. The fraction of sp³-hybridized carbons (Fsp3) is 0.100. The second-order valence-electron chi connectivity index (χ2n) is 5.60. The Morgan fingerprint density at radius 2 is 1.92 bits per heavy atom. The second kappa shape index (κ2) is 7.57. The van der Waals surface area contributed by atoms with Crippen molar-refractivity contribution in [3.8, 4) is 5.88 Å². The maximum atomic E-state index is 13.8. The van der Waals surface area contributed by atoms with Gasteiger partial charge in [-0.25, -0.2) is 9.37 Å². The van der Waals surface area contributed by atoms with Crippen LogP contribution in [0.3, 0.4) is 0 Å². The number of carbonyl (C=O) groups is 1. The molecule has 4 nitrogen and oxygen atoms in total. The zero-order valence-electron chi connectivity index (χ0n) is 13.7. The number of hydrogen-bond acceptors (Lipinski definition) is 3. The van der Waals surface area contributed by atoms with Crippen molar-refractivity contribution in [2.24, 2.45) is 0 Å². The van der Waals surface area contributed by atoms with Crippen LogP contribution >= 0.6 is 0 Å². The molecule has 0 saturated heterocycles. The van der Waals surface area contributed by atoms with E-state index in [1.807, 2.05) is 30.3 Å². The zero-order chi connectivity index (χ0) is 17.6. The first-order valence-electron chi connectivity index (χ1n) is 7.82. The summed E-state index contributed by atoms with van der Waals surface area (Å²) < 4.78 is 19.4. The quantitative estimate of drug-likeness (QED) is 0.753. The fourth-order valence-electron chi connectivity index (χ4n) is 2.25. The van der Waals surface area contributed by atoms with Gasteiger partial charge < -0.3 is 10.1 Å². The molecule has 1 aromatic heterocycles. The Kier molecular flexibility index (Phi) is 5.04. The van der Waals surface area contributed by atoms with Gasteiger partial charge in [-0.05, 0) is 36.2 Å². The predicted octanol–water partition coefficient (Wildman–Crippen LogP) is 4.36. The number of aromatic nitrogens is 1. The summed E-state index contributed by atoms with van der Waals surface area (Å²) in [6.45, 7) is 2.18. The highest BCUT2D eigenvalue weighted by atomic mass is 19.1. The average Bonchev–Trinajstić information content (AvgIpc) is 2.63. The summed E-state index contributed by atoms with van der Waals surface area (Å²) in [6, 6.07) is 17.6. The van der Waals surface area contributed by atoms with Gasteiger partial charge in [-0.15, -0.1) is 0 Å². The van der Waals surface area contributed by atoms with Crippen molar-refractivity contribution in [2.75, 3.05) is 5.32 Å². The van der Waals surface area contributed by atoms with Crippen molar-refractivity contribution in [3.63, 3.8) is 0 Å². The molecule has 0 bridgehead atoms. The Bertz CT molecular complexity index is 865. The van der Waals surface area contributed by atoms with Crippen LogP contribution in [0.5, 0.6) is 5.88 Å². The standard InChI is InChI=1S/C20H17FN2O2/c1-14-7-9-18(17(21)11-14)23-20(24)16-8-10-19(22-12-16)25-13-15-5-3-2-4-6-15/h2-12H,13H2,1H3,(H,23,24). The van der Waals surface area contributed by atoms with Gasteiger partial charge in [-0.2, -0.15) is 0 Å². The number of aryl methyl sites for hydroxylation is 1. The van der Waals surface area contributed by atoms with Crippen molar-refractivity contribution in [1.82, 2.24) is 4.98 Å². The van der Waals surface area contributed by atoms with Crippen LogP contribution in [0, 0.1) is 12.7 Å². The maximum Gasteiger partial charge on any atom is 0.257 e. The molecule has 1 heterocycles. The molecule has 126 valence electrons. The zero-order valence-corrected chi connectivity index (χ0v) is 13.7. The summed E-state index contributed by atoms with van der Waals surface area (Å²) in [5, 5.41) is 2.54. The Morgan fingerprint density at radius 1 is 1.12 bits per heavy atom. The summed E-state index contributed by atoms with van der Waals surface area (Å²) in [5.41, 5.74) is 2.28. The third-order valence-corrected chi connectivity index (χ3v) is 3.60. The van der Waals surface area contributed by atoms with Gasteiger partial charge in [-0.1, -0.05) is 36.4 Å². The molecule has 0 spiro atoms. The van der Waals surface area contributed by atoms with E-state index in [1.54, 1.807) is 25.1 Å². The van der Waals surface area contributed by atoms with Gasteiger partial charge in [0.15, 0.2) is 0 Å². The van der Waals surface area contributed by atoms with Crippen LogP contribution in [0.15, 0.2) is 66.9 Å².